The molecule has 0 heterocycles. The highest BCUT2D eigenvalue weighted by molar-refractivity contribution is 14.1. The van der Waals surface area contributed by atoms with Crippen LogP contribution in [0, 0.1) is 3.57 Å². The van der Waals surface area contributed by atoms with Gasteiger partial charge in [-0.05, 0) is 64.6 Å². The lowest BCUT2D eigenvalue weighted by atomic mass is 10.2. The van der Waals surface area contributed by atoms with Crippen LogP contribution in [0.25, 0.3) is 0 Å². The second-order valence-corrected chi connectivity index (χ2v) is 5.20. The fourth-order valence-electron chi connectivity index (χ4n) is 1.65. The van der Waals surface area contributed by atoms with Crippen molar-refractivity contribution in [1.29, 1.82) is 0 Å². The minimum atomic E-state index is 0. The van der Waals surface area contributed by atoms with Gasteiger partial charge in [-0.3, -0.25) is 0 Å². The Kier molecular flexibility index (Phi) is 6.41. The zero-order valence-corrected chi connectivity index (χ0v) is 13.5. The van der Waals surface area contributed by atoms with E-state index in [0.717, 1.165) is 11.4 Å². The molecule has 0 spiro atoms. The summed E-state index contributed by atoms with van der Waals surface area (Å²) in [7, 11) is 1.65. The standard InChI is InChI=1S/C14H15IN2O.ClH/c1-18-14-8-6-13(7-9-14)17(16)10-11-2-4-12(15)5-3-11;/h2-9H,10,16H2,1H3;1H. The van der Waals surface area contributed by atoms with Crippen LogP contribution in [0.3, 0.4) is 0 Å². The molecule has 2 N–H and O–H groups in total. The van der Waals surface area contributed by atoms with Gasteiger partial charge in [-0.2, -0.15) is 0 Å². The van der Waals surface area contributed by atoms with Crippen molar-refractivity contribution < 1.29 is 4.74 Å². The van der Waals surface area contributed by atoms with Crippen LogP contribution in [0.5, 0.6) is 5.75 Å². The van der Waals surface area contributed by atoms with E-state index in [9.17, 15) is 0 Å². The van der Waals surface area contributed by atoms with Gasteiger partial charge in [0, 0.05) is 3.57 Å². The summed E-state index contributed by atoms with van der Waals surface area (Å²) in [5.41, 5.74) is 2.16. The Morgan fingerprint density at radius 1 is 1.05 bits per heavy atom. The van der Waals surface area contributed by atoms with Crippen LogP contribution in [0.2, 0.25) is 0 Å². The summed E-state index contributed by atoms with van der Waals surface area (Å²) in [5.74, 6) is 6.88. The molecule has 0 saturated carbocycles. The maximum Gasteiger partial charge on any atom is 0.119 e. The smallest absolute Gasteiger partial charge is 0.119 e. The van der Waals surface area contributed by atoms with Gasteiger partial charge in [0.15, 0.2) is 0 Å². The number of hydrogen-bond donors (Lipinski definition) is 1. The number of anilines is 1. The van der Waals surface area contributed by atoms with E-state index in [0.29, 0.717) is 6.54 Å². The summed E-state index contributed by atoms with van der Waals surface area (Å²) in [6.45, 7) is 0.684. The van der Waals surface area contributed by atoms with Crippen molar-refractivity contribution in [2.75, 3.05) is 12.1 Å². The Hall–Kier alpha value is -0.980. The molecule has 0 atom stereocenters. The fourth-order valence-corrected chi connectivity index (χ4v) is 2.01. The third-order valence-corrected chi connectivity index (χ3v) is 3.39. The Balaban J connectivity index is 0.00000180. The highest BCUT2D eigenvalue weighted by Crippen LogP contribution is 2.19. The molecular formula is C14H16ClIN2O. The highest BCUT2D eigenvalue weighted by Gasteiger charge is 2.03. The van der Waals surface area contributed by atoms with E-state index in [1.54, 1.807) is 12.1 Å². The first-order valence-electron chi connectivity index (χ1n) is 5.60. The van der Waals surface area contributed by atoms with Crippen molar-refractivity contribution in [3.63, 3.8) is 0 Å². The molecular weight excluding hydrogens is 375 g/mol. The second-order valence-electron chi connectivity index (χ2n) is 3.95. The van der Waals surface area contributed by atoms with Gasteiger partial charge in [0.2, 0.25) is 0 Å². The Labute approximate surface area is 133 Å². The number of ether oxygens (including phenoxy) is 1. The number of rotatable bonds is 4. The molecule has 0 radical (unpaired) electrons. The number of nitrogens with two attached hydrogens (primary N) is 1. The predicted molar refractivity (Wildman–Crippen MR) is 89.8 cm³/mol. The lowest BCUT2D eigenvalue weighted by Gasteiger charge is -2.19. The largest absolute Gasteiger partial charge is 0.497 e. The van der Waals surface area contributed by atoms with E-state index in [4.69, 9.17) is 10.6 Å². The van der Waals surface area contributed by atoms with Crippen LogP contribution < -0.4 is 15.6 Å². The molecule has 2 rings (SSSR count). The number of hydrazine groups is 1. The first-order valence-corrected chi connectivity index (χ1v) is 6.67. The van der Waals surface area contributed by atoms with Crippen molar-refractivity contribution in [3.8, 4) is 5.75 Å². The molecule has 0 amide bonds. The molecule has 102 valence electrons. The highest BCUT2D eigenvalue weighted by atomic mass is 127. The van der Waals surface area contributed by atoms with Crippen LogP contribution in [0.15, 0.2) is 48.5 Å². The summed E-state index contributed by atoms with van der Waals surface area (Å²) < 4.78 is 6.35. The van der Waals surface area contributed by atoms with Gasteiger partial charge in [-0.25, -0.2) is 5.84 Å². The Morgan fingerprint density at radius 3 is 2.16 bits per heavy atom. The van der Waals surface area contributed by atoms with E-state index >= 15 is 0 Å². The third-order valence-electron chi connectivity index (χ3n) is 2.67. The van der Waals surface area contributed by atoms with Crippen molar-refractivity contribution in [2.45, 2.75) is 6.54 Å². The number of benzene rings is 2. The lowest BCUT2D eigenvalue weighted by Crippen LogP contribution is -2.29. The van der Waals surface area contributed by atoms with Gasteiger partial charge in [0.05, 0.1) is 19.3 Å². The summed E-state index contributed by atoms with van der Waals surface area (Å²) in [6, 6.07) is 16.1. The Morgan fingerprint density at radius 2 is 1.63 bits per heavy atom. The molecule has 0 unspecified atom stereocenters. The molecule has 0 aliphatic heterocycles. The maximum absolute atomic E-state index is 6.05. The predicted octanol–water partition coefficient (Wildman–Crippen LogP) is 3.60. The number of halogens is 2. The van der Waals surface area contributed by atoms with Crippen LogP contribution in [0.4, 0.5) is 5.69 Å². The normalized spacial score (nSPS) is 9.63. The van der Waals surface area contributed by atoms with Gasteiger partial charge in [-0.15, -0.1) is 12.4 Å². The van der Waals surface area contributed by atoms with E-state index in [1.165, 1.54) is 9.13 Å². The van der Waals surface area contributed by atoms with Crippen LogP contribution in [0.1, 0.15) is 5.56 Å². The van der Waals surface area contributed by atoms with Crippen molar-refractivity contribution in [2.24, 2.45) is 5.84 Å². The molecule has 5 heteroatoms. The summed E-state index contributed by atoms with van der Waals surface area (Å²) in [4.78, 5) is 0. The van der Waals surface area contributed by atoms with Crippen molar-refractivity contribution >= 4 is 40.7 Å². The van der Waals surface area contributed by atoms with Crippen LogP contribution >= 0.6 is 35.0 Å². The zero-order chi connectivity index (χ0) is 13.0. The minimum Gasteiger partial charge on any atom is -0.497 e. The van der Waals surface area contributed by atoms with Crippen molar-refractivity contribution in [3.05, 3.63) is 57.7 Å². The summed E-state index contributed by atoms with van der Waals surface area (Å²) in [5, 5.41) is 1.72. The average molecular weight is 391 g/mol. The molecule has 0 aliphatic rings. The average Bonchev–Trinajstić information content (AvgIpc) is 2.41. The van der Waals surface area contributed by atoms with Gasteiger partial charge < -0.3 is 9.75 Å². The van der Waals surface area contributed by atoms with Gasteiger partial charge in [0.25, 0.3) is 0 Å². The Bertz CT molecular complexity index is 502. The SMILES string of the molecule is COc1ccc(N(N)Cc2ccc(I)cc2)cc1.Cl. The van der Waals surface area contributed by atoms with Gasteiger partial charge in [0.1, 0.15) is 5.75 Å². The van der Waals surface area contributed by atoms with Gasteiger partial charge >= 0.3 is 0 Å². The third kappa shape index (κ3) is 4.56. The topological polar surface area (TPSA) is 38.5 Å². The molecule has 2 aromatic carbocycles. The molecule has 0 bridgehead atoms. The number of nitrogens with zero attached hydrogens (tertiary/aromatic N) is 1. The van der Waals surface area contributed by atoms with E-state index < -0.39 is 0 Å². The molecule has 19 heavy (non-hydrogen) atoms. The monoisotopic (exact) mass is 390 g/mol. The quantitative estimate of drug-likeness (QED) is 0.492. The summed E-state index contributed by atoms with van der Waals surface area (Å²) in [6.07, 6.45) is 0. The molecule has 2 aromatic rings. The van der Waals surface area contributed by atoms with E-state index in [1.807, 2.05) is 24.3 Å². The molecule has 0 aliphatic carbocycles. The minimum absolute atomic E-state index is 0. The van der Waals surface area contributed by atoms with Gasteiger partial charge in [-0.1, -0.05) is 12.1 Å². The lowest BCUT2D eigenvalue weighted by molar-refractivity contribution is 0.415. The number of methoxy groups -OCH3 is 1. The molecule has 0 fully saturated rings. The first kappa shape index (κ1) is 16.1. The fraction of sp³-hybridized carbons (Fsp3) is 0.143. The van der Waals surface area contributed by atoms with E-state index in [-0.39, 0.29) is 12.4 Å². The first-order chi connectivity index (χ1) is 8.69. The molecule has 0 saturated heterocycles. The second kappa shape index (κ2) is 7.57. The zero-order valence-electron chi connectivity index (χ0n) is 10.5. The molecule has 3 nitrogen and oxygen atoms in total. The van der Waals surface area contributed by atoms with Crippen LogP contribution in [-0.4, -0.2) is 7.11 Å². The summed E-state index contributed by atoms with van der Waals surface area (Å²) >= 11 is 2.29. The van der Waals surface area contributed by atoms with Crippen LogP contribution in [-0.2, 0) is 6.54 Å². The van der Waals surface area contributed by atoms with E-state index in [2.05, 4.69) is 46.9 Å². The maximum atomic E-state index is 6.05. The van der Waals surface area contributed by atoms with Crippen molar-refractivity contribution in [1.82, 2.24) is 0 Å². The number of hydrogen-bond acceptors (Lipinski definition) is 3. The molecule has 0 aromatic heterocycles.